The number of aliphatic imine (C=N–C) groups is 1. The number of anilines is 1. The first-order valence-corrected chi connectivity index (χ1v) is 18.9. The van der Waals surface area contributed by atoms with Crippen LogP contribution in [-0.2, 0) is 0 Å². The van der Waals surface area contributed by atoms with Gasteiger partial charge in [0.05, 0.1) is 34.2 Å². The van der Waals surface area contributed by atoms with E-state index in [0.29, 0.717) is 0 Å². The summed E-state index contributed by atoms with van der Waals surface area (Å²) >= 11 is 0. The van der Waals surface area contributed by atoms with Crippen molar-refractivity contribution < 1.29 is 0 Å². The molecule has 0 aliphatic carbocycles. The van der Waals surface area contributed by atoms with Crippen LogP contribution >= 0.6 is 0 Å². The zero-order valence-electron chi connectivity index (χ0n) is 30.0. The fourth-order valence-electron chi connectivity index (χ4n) is 8.62. The van der Waals surface area contributed by atoms with Crippen LogP contribution in [0, 0.1) is 0 Å². The second-order valence-electron chi connectivity index (χ2n) is 14.4. The molecular formula is C52H35N3. The standard InChI is InChI=1S/C52H35N3/c1-3-14-34(15-4-1)39-30-40(35-16-5-2-6-17-35)32-41(31-39)52-51(53-45-24-11-12-25-46(45)54-52)38-20-13-21-42(33-38)55-47-28-26-36-18-7-9-22-43(36)49(47)50-44-23-10-8-19-37(44)27-29-48(50)55/h1-33,51,53H. The lowest BCUT2D eigenvalue weighted by molar-refractivity contribution is 1.01. The molecule has 0 saturated heterocycles. The van der Waals surface area contributed by atoms with Crippen LogP contribution in [0.3, 0.4) is 0 Å². The molecule has 3 nitrogen and oxygen atoms in total. The SMILES string of the molecule is c1ccc(-c2cc(C3=Nc4ccccc4NC3c3cccc(-n4c5ccc6ccccc6c5c5c6ccccc6ccc54)c3)cc(-c3ccccc3)c2)cc1. The van der Waals surface area contributed by atoms with Gasteiger partial charge in [0.15, 0.2) is 0 Å². The molecule has 1 aromatic heterocycles. The Hall–Kier alpha value is -7.23. The molecule has 0 amide bonds. The summed E-state index contributed by atoms with van der Waals surface area (Å²) < 4.78 is 2.45. The molecule has 0 bridgehead atoms. The Balaban J connectivity index is 1.13. The minimum atomic E-state index is -0.195. The minimum Gasteiger partial charge on any atom is -0.371 e. The van der Waals surface area contributed by atoms with Gasteiger partial charge < -0.3 is 9.88 Å². The van der Waals surface area contributed by atoms with E-state index in [1.54, 1.807) is 0 Å². The summed E-state index contributed by atoms with van der Waals surface area (Å²) in [6.07, 6.45) is 0. The van der Waals surface area contributed by atoms with Gasteiger partial charge in [0.2, 0.25) is 0 Å². The van der Waals surface area contributed by atoms with Crippen LogP contribution in [0.5, 0.6) is 0 Å². The number of nitrogens with one attached hydrogen (secondary N) is 1. The third kappa shape index (κ3) is 5.24. The summed E-state index contributed by atoms with van der Waals surface area (Å²) in [4.78, 5) is 5.45. The van der Waals surface area contributed by atoms with Crippen molar-refractivity contribution in [3.8, 4) is 27.9 Å². The van der Waals surface area contributed by atoms with Crippen LogP contribution in [0.2, 0.25) is 0 Å². The molecule has 11 rings (SSSR count). The predicted molar refractivity (Wildman–Crippen MR) is 232 cm³/mol. The largest absolute Gasteiger partial charge is 0.371 e. The van der Waals surface area contributed by atoms with Crippen LogP contribution in [0.4, 0.5) is 11.4 Å². The first-order chi connectivity index (χ1) is 27.3. The lowest BCUT2D eigenvalue weighted by Gasteiger charge is -2.29. The average molecular weight is 702 g/mol. The number of benzene rings is 9. The van der Waals surface area contributed by atoms with E-state index in [2.05, 4.69) is 210 Å². The highest BCUT2D eigenvalue weighted by Crippen LogP contribution is 2.42. The Bertz CT molecular complexity index is 2970. The zero-order valence-corrected chi connectivity index (χ0v) is 30.0. The molecule has 9 aromatic carbocycles. The summed E-state index contributed by atoms with van der Waals surface area (Å²) in [5.74, 6) is 0. The fourth-order valence-corrected chi connectivity index (χ4v) is 8.62. The maximum absolute atomic E-state index is 5.45. The highest BCUT2D eigenvalue weighted by Gasteiger charge is 2.27. The summed E-state index contributed by atoms with van der Waals surface area (Å²) in [5.41, 5.74) is 13.4. The van der Waals surface area contributed by atoms with Gasteiger partial charge in [0, 0.05) is 16.5 Å². The Kier molecular flexibility index (Phi) is 7.24. The first kappa shape index (κ1) is 31.3. The van der Waals surface area contributed by atoms with Crippen LogP contribution in [0.25, 0.3) is 71.3 Å². The molecule has 55 heavy (non-hydrogen) atoms. The third-order valence-corrected chi connectivity index (χ3v) is 11.2. The van der Waals surface area contributed by atoms with Gasteiger partial charge in [0.1, 0.15) is 0 Å². The summed E-state index contributed by atoms with van der Waals surface area (Å²) in [5, 5.41) is 11.5. The second-order valence-corrected chi connectivity index (χ2v) is 14.4. The van der Waals surface area contributed by atoms with Crippen molar-refractivity contribution in [2.45, 2.75) is 6.04 Å². The van der Waals surface area contributed by atoms with Crippen LogP contribution in [-0.4, -0.2) is 10.3 Å². The maximum atomic E-state index is 5.45. The molecule has 1 atom stereocenters. The molecule has 0 saturated carbocycles. The zero-order chi connectivity index (χ0) is 36.3. The van der Waals surface area contributed by atoms with Crippen molar-refractivity contribution in [3.63, 3.8) is 0 Å². The van der Waals surface area contributed by atoms with E-state index in [0.717, 1.165) is 45.0 Å². The molecule has 258 valence electrons. The molecule has 0 fully saturated rings. The van der Waals surface area contributed by atoms with Gasteiger partial charge in [-0.05, 0) is 110 Å². The van der Waals surface area contributed by atoms with Gasteiger partial charge in [-0.25, -0.2) is 4.99 Å². The Labute approximate surface area is 319 Å². The van der Waals surface area contributed by atoms with E-state index in [1.165, 1.54) is 54.5 Å². The quantitative estimate of drug-likeness (QED) is 0.190. The van der Waals surface area contributed by atoms with E-state index >= 15 is 0 Å². The lowest BCUT2D eigenvalue weighted by atomic mass is 9.89. The van der Waals surface area contributed by atoms with Crippen molar-refractivity contribution >= 4 is 60.4 Å². The van der Waals surface area contributed by atoms with E-state index < -0.39 is 0 Å². The summed E-state index contributed by atoms with van der Waals surface area (Å²) in [6, 6.07) is 72.0. The van der Waals surface area contributed by atoms with Gasteiger partial charge in [0.25, 0.3) is 0 Å². The minimum absolute atomic E-state index is 0.195. The number of nitrogens with zero attached hydrogens (tertiary/aromatic N) is 2. The van der Waals surface area contributed by atoms with Crippen LogP contribution < -0.4 is 5.32 Å². The molecule has 1 unspecified atom stereocenters. The van der Waals surface area contributed by atoms with Gasteiger partial charge in [-0.15, -0.1) is 0 Å². The molecule has 1 aliphatic heterocycles. The first-order valence-electron chi connectivity index (χ1n) is 18.9. The van der Waals surface area contributed by atoms with E-state index in [1.807, 2.05) is 0 Å². The highest BCUT2D eigenvalue weighted by atomic mass is 15.0. The molecule has 0 spiro atoms. The van der Waals surface area contributed by atoms with Gasteiger partial charge in [-0.2, -0.15) is 0 Å². The molecular weight excluding hydrogens is 667 g/mol. The topological polar surface area (TPSA) is 29.3 Å². The normalized spacial score (nSPS) is 13.9. The predicted octanol–water partition coefficient (Wildman–Crippen LogP) is 13.7. The number of rotatable bonds is 5. The Morgan fingerprint density at radius 2 is 0.964 bits per heavy atom. The molecule has 3 heteroatoms. The lowest BCUT2D eigenvalue weighted by Crippen LogP contribution is -2.25. The fraction of sp³-hybridized carbons (Fsp3) is 0.0192. The van der Waals surface area contributed by atoms with Crippen molar-refractivity contribution in [2.75, 3.05) is 5.32 Å². The summed E-state index contributed by atoms with van der Waals surface area (Å²) in [7, 11) is 0. The third-order valence-electron chi connectivity index (χ3n) is 11.2. The number of para-hydroxylation sites is 2. The van der Waals surface area contributed by atoms with E-state index in [9.17, 15) is 0 Å². The number of hydrogen-bond donors (Lipinski definition) is 1. The number of hydrogen-bond acceptors (Lipinski definition) is 2. The molecule has 0 radical (unpaired) electrons. The second kappa shape index (κ2) is 12.7. The van der Waals surface area contributed by atoms with Gasteiger partial charge >= 0.3 is 0 Å². The maximum Gasteiger partial charge on any atom is 0.0947 e. The monoisotopic (exact) mass is 701 g/mol. The summed E-state index contributed by atoms with van der Waals surface area (Å²) in [6.45, 7) is 0. The number of fused-ring (bicyclic) bond motifs is 8. The van der Waals surface area contributed by atoms with E-state index in [4.69, 9.17) is 4.99 Å². The van der Waals surface area contributed by atoms with Crippen molar-refractivity contribution in [3.05, 3.63) is 211 Å². The Morgan fingerprint density at radius 3 is 1.60 bits per heavy atom. The Morgan fingerprint density at radius 1 is 0.418 bits per heavy atom. The van der Waals surface area contributed by atoms with Gasteiger partial charge in [-0.3, -0.25) is 0 Å². The molecule has 1 N–H and O–H groups in total. The molecule has 2 heterocycles. The van der Waals surface area contributed by atoms with Crippen molar-refractivity contribution in [1.82, 2.24) is 4.57 Å². The van der Waals surface area contributed by atoms with Crippen LogP contribution in [0.1, 0.15) is 17.2 Å². The molecule has 10 aromatic rings. The smallest absolute Gasteiger partial charge is 0.0947 e. The van der Waals surface area contributed by atoms with E-state index in [-0.39, 0.29) is 6.04 Å². The van der Waals surface area contributed by atoms with Crippen LogP contribution in [0.15, 0.2) is 205 Å². The van der Waals surface area contributed by atoms with Crippen molar-refractivity contribution in [1.29, 1.82) is 0 Å². The van der Waals surface area contributed by atoms with Crippen molar-refractivity contribution in [2.24, 2.45) is 4.99 Å². The number of aromatic nitrogens is 1. The molecule has 1 aliphatic rings. The van der Waals surface area contributed by atoms with Gasteiger partial charge in [-0.1, -0.05) is 146 Å². The average Bonchev–Trinajstić information content (AvgIpc) is 3.62. The highest BCUT2D eigenvalue weighted by molar-refractivity contribution is 6.28.